The second-order valence-electron chi connectivity index (χ2n) is 13.5. The minimum Gasteiger partial charge on any atom is -0.344 e. The highest BCUT2D eigenvalue weighted by Crippen LogP contribution is 2.54. The van der Waals surface area contributed by atoms with Gasteiger partial charge in [0, 0.05) is 16.5 Å². The van der Waals surface area contributed by atoms with Crippen molar-refractivity contribution in [1.82, 2.24) is 5.32 Å². The molecule has 1 N–H and O–H groups in total. The Bertz CT molecular complexity index is 2400. The maximum absolute atomic E-state index is 5.04. The Hall–Kier alpha value is -6.06. The second kappa shape index (κ2) is 11.6. The topological polar surface area (TPSA) is 36.8 Å². The zero-order chi connectivity index (χ0) is 33.0. The summed E-state index contributed by atoms with van der Waals surface area (Å²) in [5, 5.41) is 6.11. The van der Waals surface area contributed by atoms with E-state index in [0.717, 1.165) is 33.9 Å². The first-order valence-corrected chi connectivity index (χ1v) is 17.0. The van der Waals surface area contributed by atoms with E-state index in [2.05, 4.69) is 147 Å². The largest absolute Gasteiger partial charge is 0.344 e. The van der Waals surface area contributed by atoms with Crippen LogP contribution in [-0.2, 0) is 5.41 Å². The van der Waals surface area contributed by atoms with Crippen molar-refractivity contribution in [2.45, 2.75) is 25.4 Å². The molecule has 0 fully saturated rings. The molecular weight excluding hydrogens is 595 g/mol. The lowest BCUT2D eigenvalue weighted by molar-refractivity contribution is 0.661. The van der Waals surface area contributed by atoms with E-state index < -0.39 is 0 Å². The molecule has 0 saturated heterocycles. The van der Waals surface area contributed by atoms with Gasteiger partial charge < -0.3 is 5.32 Å². The third-order valence-corrected chi connectivity index (χ3v) is 10.1. The van der Waals surface area contributed by atoms with Gasteiger partial charge in [0.05, 0.1) is 0 Å². The second-order valence-corrected chi connectivity index (χ2v) is 13.5. The first kappa shape index (κ1) is 29.1. The van der Waals surface area contributed by atoms with Crippen LogP contribution in [0, 0.1) is 0 Å². The number of nitrogens with zero attached hydrogens (tertiary/aromatic N) is 2. The molecule has 9 rings (SSSR count). The van der Waals surface area contributed by atoms with Gasteiger partial charge in [0.25, 0.3) is 0 Å². The van der Waals surface area contributed by atoms with Crippen LogP contribution in [0.3, 0.4) is 0 Å². The molecule has 49 heavy (non-hydrogen) atoms. The average Bonchev–Trinajstić information content (AvgIpc) is 3.40. The highest BCUT2D eigenvalue weighted by atomic mass is 15.2. The number of aliphatic imine (C=N–C) groups is 2. The third kappa shape index (κ3) is 4.98. The van der Waals surface area contributed by atoms with Crippen LogP contribution in [0.15, 0.2) is 174 Å². The molecule has 1 aliphatic heterocycles. The zero-order valence-corrected chi connectivity index (χ0v) is 27.6. The molecule has 1 unspecified atom stereocenters. The molecule has 0 aromatic heterocycles. The summed E-state index contributed by atoms with van der Waals surface area (Å²) in [6, 6.07) is 58.4. The van der Waals surface area contributed by atoms with Crippen LogP contribution in [0.4, 0.5) is 0 Å². The zero-order valence-electron chi connectivity index (χ0n) is 27.6. The predicted octanol–water partition coefficient (Wildman–Crippen LogP) is 11.0. The van der Waals surface area contributed by atoms with Crippen molar-refractivity contribution >= 4 is 22.4 Å². The number of fused-ring (bicyclic) bond motifs is 4. The quantitative estimate of drug-likeness (QED) is 0.202. The van der Waals surface area contributed by atoms with Crippen LogP contribution in [0.5, 0.6) is 0 Å². The summed E-state index contributed by atoms with van der Waals surface area (Å²) in [5.41, 5.74) is 13.5. The molecule has 0 spiro atoms. The number of rotatable bonds is 5. The highest BCUT2D eigenvalue weighted by Gasteiger charge is 2.37. The molecule has 1 atom stereocenters. The van der Waals surface area contributed by atoms with Gasteiger partial charge in [0.1, 0.15) is 12.0 Å². The Balaban J connectivity index is 1.08. The van der Waals surface area contributed by atoms with E-state index in [4.69, 9.17) is 9.98 Å². The van der Waals surface area contributed by atoms with Crippen molar-refractivity contribution in [2.24, 2.45) is 9.98 Å². The Morgan fingerprint density at radius 1 is 0.510 bits per heavy atom. The lowest BCUT2D eigenvalue weighted by atomic mass is 9.80. The van der Waals surface area contributed by atoms with Crippen molar-refractivity contribution in [3.63, 3.8) is 0 Å². The van der Waals surface area contributed by atoms with Crippen LogP contribution in [0.25, 0.3) is 44.2 Å². The molecule has 7 aromatic rings. The molecule has 0 saturated carbocycles. The van der Waals surface area contributed by atoms with E-state index in [-0.39, 0.29) is 11.6 Å². The summed E-state index contributed by atoms with van der Waals surface area (Å²) in [4.78, 5) is 10.0. The standard InChI is InChI=1S/C46H35N3/c1-46(2)39-20-12-11-19-38(39)42-40(46)29-36-17-9-10-18-37(36)41(42)32-25-21-30(22-26-32)31-23-27-35(28-24-31)45-48-43(33-13-5-3-6-14-33)47-44(49-45)34-15-7-4-8-16-34/h3-29,43H,1-2H3,(H,47,48,49). The average molecular weight is 630 g/mol. The summed E-state index contributed by atoms with van der Waals surface area (Å²) in [5.74, 6) is 1.55. The van der Waals surface area contributed by atoms with Gasteiger partial charge in [-0.3, -0.25) is 0 Å². The van der Waals surface area contributed by atoms with E-state index in [0.29, 0.717) is 0 Å². The van der Waals surface area contributed by atoms with Crippen LogP contribution in [-0.4, -0.2) is 11.7 Å². The number of amidine groups is 2. The van der Waals surface area contributed by atoms with E-state index >= 15 is 0 Å². The molecular formula is C46H35N3. The van der Waals surface area contributed by atoms with Gasteiger partial charge in [-0.05, 0) is 66.9 Å². The SMILES string of the molecule is CC1(C)c2ccccc2-c2c1cc1ccccc1c2-c1ccc(-c2ccc(C3=NC(c4ccccc4)NC(c4ccccc4)=N3)cc2)cc1. The lowest BCUT2D eigenvalue weighted by Crippen LogP contribution is -2.33. The highest BCUT2D eigenvalue weighted by molar-refractivity contribution is 6.13. The van der Waals surface area contributed by atoms with Crippen molar-refractivity contribution in [3.05, 3.63) is 192 Å². The monoisotopic (exact) mass is 629 g/mol. The van der Waals surface area contributed by atoms with Crippen molar-refractivity contribution in [2.75, 3.05) is 0 Å². The fraction of sp³-hybridized carbons (Fsp3) is 0.0870. The summed E-state index contributed by atoms with van der Waals surface area (Å²) in [6.45, 7) is 4.71. The van der Waals surface area contributed by atoms with Gasteiger partial charge in [-0.2, -0.15) is 0 Å². The molecule has 3 heteroatoms. The van der Waals surface area contributed by atoms with Gasteiger partial charge in [0.2, 0.25) is 0 Å². The molecule has 3 nitrogen and oxygen atoms in total. The fourth-order valence-electron chi connectivity index (χ4n) is 7.58. The van der Waals surface area contributed by atoms with Crippen LogP contribution in [0.1, 0.15) is 47.8 Å². The van der Waals surface area contributed by atoms with Gasteiger partial charge in [-0.25, -0.2) is 9.98 Å². The van der Waals surface area contributed by atoms with E-state index in [9.17, 15) is 0 Å². The molecule has 1 heterocycles. The first-order chi connectivity index (χ1) is 24.0. The number of benzene rings is 7. The number of nitrogens with one attached hydrogen (secondary N) is 1. The Labute approximate surface area is 287 Å². The summed E-state index contributed by atoms with van der Waals surface area (Å²) in [6.07, 6.45) is -0.218. The van der Waals surface area contributed by atoms with Gasteiger partial charge in [-0.15, -0.1) is 0 Å². The van der Waals surface area contributed by atoms with Crippen molar-refractivity contribution < 1.29 is 0 Å². The fourth-order valence-corrected chi connectivity index (χ4v) is 7.58. The van der Waals surface area contributed by atoms with E-state index in [1.54, 1.807) is 0 Å². The van der Waals surface area contributed by atoms with Gasteiger partial charge >= 0.3 is 0 Å². The summed E-state index contributed by atoms with van der Waals surface area (Å²) >= 11 is 0. The molecule has 0 amide bonds. The lowest BCUT2D eigenvalue weighted by Gasteiger charge is -2.23. The van der Waals surface area contributed by atoms with Crippen molar-refractivity contribution in [3.8, 4) is 33.4 Å². The van der Waals surface area contributed by atoms with Crippen LogP contribution in [0.2, 0.25) is 0 Å². The minimum atomic E-state index is -0.218. The summed E-state index contributed by atoms with van der Waals surface area (Å²) < 4.78 is 0. The molecule has 7 aromatic carbocycles. The molecule has 234 valence electrons. The van der Waals surface area contributed by atoms with Gasteiger partial charge in [0.15, 0.2) is 5.84 Å². The predicted molar refractivity (Wildman–Crippen MR) is 204 cm³/mol. The van der Waals surface area contributed by atoms with Crippen LogP contribution >= 0.6 is 0 Å². The Morgan fingerprint density at radius 3 is 1.84 bits per heavy atom. The third-order valence-electron chi connectivity index (χ3n) is 10.1. The maximum Gasteiger partial charge on any atom is 0.159 e. The smallest absolute Gasteiger partial charge is 0.159 e. The minimum absolute atomic E-state index is 0.0574. The molecule has 1 aliphatic carbocycles. The van der Waals surface area contributed by atoms with Crippen LogP contribution < -0.4 is 5.32 Å². The first-order valence-electron chi connectivity index (χ1n) is 17.0. The summed E-state index contributed by atoms with van der Waals surface area (Å²) in [7, 11) is 0. The molecule has 2 aliphatic rings. The Kier molecular flexibility index (Phi) is 6.87. The van der Waals surface area contributed by atoms with Gasteiger partial charge in [-0.1, -0.05) is 172 Å². The Morgan fingerprint density at radius 2 is 1.10 bits per heavy atom. The number of hydrogen-bond acceptors (Lipinski definition) is 3. The maximum atomic E-state index is 5.04. The van der Waals surface area contributed by atoms with Crippen molar-refractivity contribution in [1.29, 1.82) is 0 Å². The number of hydrogen-bond donors (Lipinski definition) is 1. The molecule has 0 bridgehead atoms. The normalized spacial score (nSPS) is 15.9. The van der Waals surface area contributed by atoms with E-state index in [1.807, 2.05) is 36.4 Å². The van der Waals surface area contributed by atoms with E-state index in [1.165, 1.54) is 49.7 Å². The molecule has 0 radical (unpaired) electrons.